The predicted molar refractivity (Wildman–Crippen MR) is 123 cm³/mol. The first-order valence-electron chi connectivity index (χ1n) is 9.85. The first kappa shape index (κ1) is 19.2. The molecule has 0 atom stereocenters. The van der Waals surface area contributed by atoms with E-state index >= 15 is 0 Å². The summed E-state index contributed by atoms with van der Waals surface area (Å²) in [6.45, 7) is 0. The standard InChI is InChI=1S/C23H18N8O/c24-21-25-18-14-8-7-13-17(18)19(26-21)27-23-29-22(28-20(32)15-9-3-1-4-10-15)30-31(23)16-11-5-2-6-12-16/h1-14H,(H4,24,25,26,27,28,29,30,32). The number of carbonyl (C=O) groups excluding carboxylic acids is 1. The number of nitrogens with one attached hydrogen (secondary N) is 2. The summed E-state index contributed by atoms with van der Waals surface area (Å²) in [7, 11) is 0. The van der Waals surface area contributed by atoms with Crippen LogP contribution in [0.5, 0.6) is 0 Å². The average Bonchev–Trinajstić information content (AvgIpc) is 3.22. The van der Waals surface area contributed by atoms with Crippen LogP contribution in [0.25, 0.3) is 16.6 Å². The van der Waals surface area contributed by atoms with Gasteiger partial charge in [-0.2, -0.15) is 14.6 Å². The minimum atomic E-state index is -0.306. The molecule has 4 N–H and O–H groups in total. The van der Waals surface area contributed by atoms with Crippen LogP contribution >= 0.6 is 0 Å². The number of anilines is 4. The largest absolute Gasteiger partial charge is 0.368 e. The summed E-state index contributed by atoms with van der Waals surface area (Å²) < 4.78 is 1.59. The van der Waals surface area contributed by atoms with Crippen molar-refractivity contribution in [2.75, 3.05) is 16.4 Å². The van der Waals surface area contributed by atoms with Crippen molar-refractivity contribution in [3.05, 3.63) is 90.5 Å². The Balaban J connectivity index is 1.55. The van der Waals surface area contributed by atoms with Crippen LogP contribution in [0.3, 0.4) is 0 Å². The number of para-hydroxylation sites is 2. The second-order valence-corrected chi connectivity index (χ2v) is 6.90. The van der Waals surface area contributed by atoms with E-state index in [4.69, 9.17) is 5.73 Å². The van der Waals surface area contributed by atoms with Crippen LogP contribution in [-0.2, 0) is 0 Å². The number of aromatic nitrogens is 5. The molecular formula is C23H18N8O. The van der Waals surface area contributed by atoms with Crippen molar-refractivity contribution in [2.45, 2.75) is 0 Å². The number of amides is 1. The molecule has 0 bridgehead atoms. The molecule has 0 spiro atoms. The van der Waals surface area contributed by atoms with E-state index in [1.807, 2.05) is 60.7 Å². The number of rotatable bonds is 5. The zero-order chi connectivity index (χ0) is 21.9. The van der Waals surface area contributed by atoms with Gasteiger partial charge < -0.3 is 11.1 Å². The molecule has 0 saturated carbocycles. The fourth-order valence-electron chi connectivity index (χ4n) is 3.25. The number of fused-ring (bicyclic) bond motifs is 1. The van der Waals surface area contributed by atoms with Gasteiger partial charge in [0.05, 0.1) is 11.2 Å². The van der Waals surface area contributed by atoms with E-state index < -0.39 is 0 Å². The maximum absolute atomic E-state index is 12.6. The van der Waals surface area contributed by atoms with Gasteiger partial charge in [0.1, 0.15) is 5.82 Å². The van der Waals surface area contributed by atoms with Crippen molar-refractivity contribution in [1.82, 2.24) is 24.7 Å². The summed E-state index contributed by atoms with van der Waals surface area (Å²) in [5.41, 5.74) is 7.87. The molecule has 0 saturated heterocycles. The fraction of sp³-hybridized carbons (Fsp3) is 0. The Labute approximate surface area is 183 Å². The van der Waals surface area contributed by atoms with Gasteiger partial charge in [0.25, 0.3) is 11.9 Å². The number of benzene rings is 3. The highest BCUT2D eigenvalue weighted by Crippen LogP contribution is 2.26. The maximum Gasteiger partial charge on any atom is 0.258 e. The van der Waals surface area contributed by atoms with Crippen molar-refractivity contribution in [3.63, 3.8) is 0 Å². The summed E-state index contributed by atoms with van der Waals surface area (Å²) in [6.07, 6.45) is 0. The molecule has 0 aliphatic carbocycles. The third kappa shape index (κ3) is 3.82. The van der Waals surface area contributed by atoms with Crippen LogP contribution < -0.4 is 16.4 Å². The Morgan fingerprint density at radius 2 is 1.50 bits per heavy atom. The second kappa shape index (κ2) is 8.15. The van der Waals surface area contributed by atoms with Crippen LogP contribution in [0.1, 0.15) is 10.4 Å². The van der Waals surface area contributed by atoms with Crippen molar-refractivity contribution in [3.8, 4) is 5.69 Å². The van der Waals surface area contributed by atoms with Gasteiger partial charge in [0.2, 0.25) is 11.9 Å². The van der Waals surface area contributed by atoms with E-state index in [0.717, 1.165) is 11.1 Å². The van der Waals surface area contributed by atoms with Crippen LogP contribution in [0.2, 0.25) is 0 Å². The number of carbonyl (C=O) groups is 1. The quantitative estimate of drug-likeness (QED) is 0.394. The zero-order valence-electron chi connectivity index (χ0n) is 16.8. The van der Waals surface area contributed by atoms with E-state index in [1.165, 1.54) is 0 Å². The van der Waals surface area contributed by atoms with Gasteiger partial charge in [-0.3, -0.25) is 10.1 Å². The lowest BCUT2D eigenvalue weighted by molar-refractivity contribution is 0.102. The highest BCUT2D eigenvalue weighted by atomic mass is 16.1. The zero-order valence-corrected chi connectivity index (χ0v) is 16.8. The lowest BCUT2D eigenvalue weighted by Crippen LogP contribution is -2.13. The van der Waals surface area contributed by atoms with Gasteiger partial charge in [0.15, 0.2) is 0 Å². The first-order valence-corrected chi connectivity index (χ1v) is 9.85. The average molecular weight is 422 g/mol. The molecule has 2 heterocycles. The molecule has 0 radical (unpaired) electrons. The van der Waals surface area contributed by atoms with Crippen LogP contribution in [-0.4, -0.2) is 30.6 Å². The Morgan fingerprint density at radius 1 is 0.812 bits per heavy atom. The highest BCUT2D eigenvalue weighted by molar-refractivity contribution is 6.03. The summed E-state index contributed by atoms with van der Waals surface area (Å²) in [6, 6.07) is 25.8. The van der Waals surface area contributed by atoms with E-state index in [2.05, 4.69) is 30.7 Å². The lowest BCUT2D eigenvalue weighted by atomic mass is 10.2. The van der Waals surface area contributed by atoms with Crippen LogP contribution in [0, 0.1) is 0 Å². The Morgan fingerprint density at radius 3 is 2.28 bits per heavy atom. The molecule has 0 aliphatic rings. The molecule has 5 rings (SSSR count). The second-order valence-electron chi connectivity index (χ2n) is 6.90. The molecule has 3 aromatic carbocycles. The molecule has 156 valence electrons. The van der Waals surface area contributed by atoms with Gasteiger partial charge >= 0.3 is 0 Å². The van der Waals surface area contributed by atoms with Gasteiger partial charge in [-0.05, 0) is 36.4 Å². The Hall–Kier alpha value is -4.79. The molecule has 9 nitrogen and oxygen atoms in total. The van der Waals surface area contributed by atoms with Crippen molar-refractivity contribution in [1.29, 1.82) is 0 Å². The lowest BCUT2D eigenvalue weighted by Gasteiger charge is -2.10. The normalized spacial score (nSPS) is 10.8. The van der Waals surface area contributed by atoms with Gasteiger partial charge in [-0.25, -0.2) is 4.98 Å². The molecule has 32 heavy (non-hydrogen) atoms. The molecular weight excluding hydrogens is 404 g/mol. The van der Waals surface area contributed by atoms with Gasteiger partial charge in [-0.1, -0.05) is 48.5 Å². The molecule has 2 aromatic heterocycles. The summed E-state index contributed by atoms with van der Waals surface area (Å²) in [5.74, 6) is 0.826. The fourth-order valence-corrected chi connectivity index (χ4v) is 3.25. The Bertz CT molecular complexity index is 1400. The third-order valence-electron chi connectivity index (χ3n) is 4.72. The van der Waals surface area contributed by atoms with Crippen molar-refractivity contribution < 1.29 is 4.79 Å². The van der Waals surface area contributed by atoms with Crippen molar-refractivity contribution in [2.24, 2.45) is 0 Å². The molecule has 5 aromatic rings. The smallest absolute Gasteiger partial charge is 0.258 e. The summed E-state index contributed by atoms with van der Waals surface area (Å²) >= 11 is 0. The first-order chi connectivity index (χ1) is 15.7. The van der Waals surface area contributed by atoms with Gasteiger partial charge in [-0.15, -0.1) is 5.10 Å². The SMILES string of the molecule is Nc1nc(Nc2nc(NC(=O)c3ccccc3)nn2-c2ccccc2)c2ccccc2n1. The van der Waals surface area contributed by atoms with E-state index in [-0.39, 0.29) is 17.8 Å². The Kier molecular flexibility index (Phi) is 4.89. The number of nitrogen functional groups attached to an aromatic ring is 1. The van der Waals surface area contributed by atoms with E-state index in [9.17, 15) is 4.79 Å². The van der Waals surface area contributed by atoms with Crippen LogP contribution in [0.4, 0.5) is 23.7 Å². The minimum Gasteiger partial charge on any atom is -0.368 e. The number of hydrogen-bond acceptors (Lipinski definition) is 7. The third-order valence-corrected chi connectivity index (χ3v) is 4.72. The number of hydrogen-bond donors (Lipinski definition) is 3. The molecule has 9 heteroatoms. The highest BCUT2D eigenvalue weighted by Gasteiger charge is 2.17. The van der Waals surface area contributed by atoms with E-state index in [1.54, 1.807) is 28.9 Å². The number of nitrogens with two attached hydrogens (primary N) is 1. The van der Waals surface area contributed by atoms with Crippen molar-refractivity contribution >= 4 is 40.5 Å². The van der Waals surface area contributed by atoms with E-state index in [0.29, 0.717) is 22.8 Å². The summed E-state index contributed by atoms with van der Waals surface area (Å²) in [4.78, 5) is 25.7. The van der Waals surface area contributed by atoms with Crippen LogP contribution in [0.15, 0.2) is 84.9 Å². The topological polar surface area (TPSA) is 124 Å². The molecule has 0 fully saturated rings. The molecule has 1 amide bonds. The minimum absolute atomic E-state index is 0.134. The monoisotopic (exact) mass is 422 g/mol. The predicted octanol–water partition coefficient (Wildman–Crippen LogP) is 3.79. The maximum atomic E-state index is 12.6. The molecule has 0 unspecified atom stereocenters. The number of nitrogens with zero attached hydrogens (tertiary/aromatic N) is 5. The summed E-state index contributed by atoms with van der Waals surface area (Å²) in [5, 5.41) is 11.2. The molecule has 0 aliphatic heterocycles. The van der Waals surface area contributed by atoms with Gasteiger partial charge in [0, 0.05) is 10.9 Å².